The number of thiophene rings is 1. The quantitative estimate of drug-likeness (QED) is 0.826. The first-order valence-electron chi connectivity index (χ1n) is 9.10. The summed E-state index contributed by atoms with van der Waals surface area (Å²) in [6.07, 6.45) is 0.410. The molecule has 4 rings (SSSR count). The maximum Gasteiger partial charge on any atom is 0.329 e. The van der Waals surface area contributed by atoms with E-state index in [-0.39, 0.29) is 10.8 Å². The minimum Gasteiger partial charge on any atom is -0.332 e. The van der Waals surface area contributed by atoms with Crippen molar-refractivity contribution in [3.05, 3.63) is 47.3 Å². The molecular weight excluding hydrogens is 398 g/mol. The molecule has 2 unspecified atom stereocenters. The first-order valence-corrected chi connectivity index (χ1v) is 11.4. The fraction of sp³-hybridized carbons (Fsp3) is 0.368. The topological polar surface area (TPSA) is 86.8 Å². The van der Waals surface area contributed by atoms with Crippen molar-refractivity contribution in [3.8, 4) is 0 Å². The Labute approximate surface area is 168 Å². The van der Waals surface area contributed by atoms with E-state index in [1.807, 2.05) is 12.1 Å². The second-order valence-corrected chi connectivity index (χ2v) is 10.3. The number of anilines is 1. The van der Waals surface area contributed by atoms with Crippen LogP contribution in [0.3, 0.4) is 0 Å². The monoisotopic (exact) mass is 419 g/mol. The molecule has 0 saturated carbocycles. The zero-order valence-electron chi connectivity index (χ0n) is 15.5. The highest BCUT2D eigenvalue weighted by Gasteiger charge is 2.52. The molecule has 2 aromatic rings. The molecule has 0 spiro atoms. The summed E-state index contributed by atoms with van der Waals surface area (Å²) in [5.74, 6) is -0.186. The van der Waals surface area contributed by atoms with E-state index < -0.39 is 34.0 Å². The van der Waals surface area contributed by atoms with E-state index in [1.165, 1.54) is 10.4 Å². The predicted octanol–water partition coefficient (Wildman–Crippen LogP) is 2.76. The molecule has 9 heteroatoms. The largest absolute Gasteiger partial charge is 0.332 e. The number of rotatable bonds is 4. The number of urea groups is 1. The zero-order valence-corrected chi connectivity index (χ0v) is 17.2. The molecule has 2 saturated heterocycles. The van der Waals surface area contributed by atoms with Crippen molar-refractivity contribution in [2.45, 2.75) is 42.5 Å². The molecule has 28 heavy (non-hydrogen) atoms. The van der Waals surface area contributed by atoms with Crippen LogP contribution in [-0.2, 0) is 14.8 Å². The first-order chi connectivity index (χ1) is 13.3. The van der Waals surface area contributed by atoms with Crippen molar-refractivity contribution >= 4 is 39.0 Å². The molecule has 2 atom stereocenters. The number of imide groups is 1. The Kier molecular flexibility index (Phi) is 4.76. The van der Waals surface area contributed by atoms with Gasteiger partial charge in [0.1, 0.15) is 10.3 Å². The van der Waals surface area contributed by atoms with Crippen LogP contribution in [0.1, 0.15) is 31.7 Å². The molecule has 3 amide bonds. The Balaban J connectivity index is 1.67. The molecule has 2 fully saturated rings. The zero-order chi connectivity index (χ0) is 20.1. The number of carbonyl (C=O) groups is 2. The fourth-order valence-corrected chi connectivity index (χ4v) is 6.47. The number of hydrogen-bond donors (Lipinski definition) is 1. The second kappa shape index (κ2) is 6.98. The summed E-state index contributed by atoms with van der Waals surface area (Å²) in [6, 6.07) is 8.43. The lowest BCUT2D eigenvalue weighted by Crippen LogP contribution is -2.64. The van der Waals surface area contributed by atoms with Gasteiger partial charge in [-0.05, 0) is 41.5 Å². The van der Waals surface area contributed by atoms with Crippen LogP contribution in [0.15, 0.2) is 46.0 Å². The highest BCUT2D eigenvalue weighted by atomic mass is 32.2. The Morgan fingerprint density at radius 3 is 2.46 bits per heavy atom. The number of hydrogen-bond acceptors (Lipinski definition) is 5. The third-order valence-electron chi connectivity index (χ3n) is 5.21. The van der Waals surface area contributed by atoms with E-state index in [0.717, 1.165) is 21.8 Å². The Morgan fingerprint density at radius 2 is 1.86 bits per heavy atom. The van der Waals surface area contributed by atoms with Gasteiger partial charge in [-0.1, -0.05) is 32.0 Å². The van der Waals surface area contributed by atoms with Gasteiger partial charge >= 0.3 is 6.03 Å². The number of carbonyl (C=O) groups excluding carboxylic acids is 2. The maximum absolute atomic E-state index is 13.2. The normalized spacial score (nSPS) is 23.2. The Bertz CT molecular complexity index is 1000. The van der Waals surface area contributed by atoms with Gasteiger partial charge in [0.2, 0.25) is 0 Å². The van der Waals surface area contributed by atoms with Gasteiger partial charge in [-0.2, -0.15) is 4.31 Å². The minimum absolute atomic E-state index is 0.196. The number of nitrogens with one attached hydrogen (secondary N) is 1. The molecule has 0 bridgehead atoms. The van der Waals surface area contributed by atoms with Crippen molar-refractivity contribution in [1.82, 2.24) is 9.62 Å². The third kappa shape index (κ3) is 3.03. The maximum atomic E-state index is 13.2. The standard InChI is InChI=1S/C19H21N3O4S2/c1-12(2)13-5-7-14(8-6-13)22-18(23)17-15(20-19(22)24)9-10-21(17)28(25,26)16-4-3-11-27-16/h3-8,11-12,15,17H,9-10H2,1-2H3,(H,20,24). The fourth-order valence-electron chi connectivity index (χ4n) is 3.71. The van der Waals surface area contributed by atoms with Crippen LogP contribution in [0.2, 0.25) is 0 Å². The average Bonchev–Trinajstić information content (AvgIpc) is 3.32. The van der Waals surface area contributed by atoms with E-state index >= 15 is 0 Å². The van der Waals surface area contributed by atoms with E-state index in [2.05, 4.69) is 19.2 Å². The van der Waals surface area contributed by atoms with Gasteiger partial charge in [-0.25, -0.2) is 18.1 Å². The van der Waals surface area contributed by atoms with Crippen LogP contribution in [0.5, 0.6) is 0 Å². The van der Waals surface area contributed by atoms with Crippen molar-refractivity contribution in [3.63, 3.8) is 0 Å². The Hall–Kier alpha value is -2.23. The number of sulfonamides is 1. The smallest absolute Gasteiger partial charge is 0.329 e. The van der Waals surface area contributed by atoms with Crippen LogP contribution in [0.25, 0.3) is 0 Å². The summed E-state index contributed by atoms with van der Waals surface area (Å²) in [5.41, 5.74) is 1.53. The van der Waals surface area contributed by atoms with E-state index in [9.17, 15) is 18.0 Å². The number of fused-ring (bicyclic) bond motifs is 1. The molecule has 148 valence electrons. The van der Waals surface area contributed by atoms with Crippen LogP contribution < -0.4 is 10.2 Å². The molecular formula is C19H21N3O4S2. The molecule has 0 radical (unpaired) electrons. The van der Waals surface area contributed by atoms with E-state index in [1.54, 1.807) is 23.6 Å². The van der Waals surface area contributed by atoms with Gasteiger partial charge in [-0.3, -0.25) is 4.79 Å². The second-order valence-electron chi connectivity index (χ2n) is 7.26. The van der Waals surface area contributed by atoms with Gasteiger partial charge < -0.3 is 5.32 Å². The van der Waals surface area contributed by atoms with E-state index in [4.69, 9.17) is 0 Å². The molecule has 1 N–H and O–H groups in total. The van der Waals surface area contributed by atoms with Gasteiger partial charge in [0, 0.05) is 6.54 Å². The van der Waals surface area contributed by atoms with Crippen LogP contribution in [0.4, 0.5) is 10.5 Å². The molecule has 2 aliphatic rings. The van der Waals surface area contributed by atoms with Crippen LogP contribution in [-0.4, -0.2) is 43.3 Å². The number of benzene rings is 1. The highest BCUT2D eigenvalue weighted by Crippen LogP contribution is 2.33. The molecule has 1 aromatic heterocycles. The summed E-state index contributed by atoms with van der Waals surface area (Å²) in [4.78, 5) is 26.9. The SMILES string of the molecule is CC(C)c1ccc(N2C(=O)NC3CCN(S(=O)(=O)c4cccs4)C3C2=O)cc1. The highest BCUT2D eigenvalue weighted by molar-refractivity contribution is 7.91. The summed E-state index contributed by atoms with van der Waals surface area (Å²) in [6.45, 7) is 4.32. The van der Waals surface area contributed by atoms with E-state index in [0.29, 0.717) is 18.0 Å². The first kappa shape index (κ1) is 19.1. The van der Waals surface area contributed by atoms with Crippen LogP contribution >= 0.6 is 11.3 Å². The van der Waals surface area contributed by atoms with Crippen molar-refractivity contribution in [2.75, 3.05) is 11.4 Å². The molecule has 0 aliphatic carbocycles. The van der Waals surface area contributed by atoms with Crippen molar-refractivity contribution in [1.29, 1.82) is 0 Å². The van der Waals surface area contributed by atoms with Gasteiger partial charge in [0.15, 0.2) is 0 Å². The molecule has 1 aromatic carbocycles. The lowest BCUT2D eigenvalue weighted by atomic mass is 10.0. The lowest BCUT2D eigenvalue weighted by Gasteiger charge is -2.36. The van der Waals surface area contributed by atoms with Gasteiger partial charge in [0.05, 0.1) is 11.7 Å². The molecule has 7 nitrogen and oxygen atoms in total. The van der Waals surface area contributed by atoms with Crippen LogP contribution in [0, 0.1) is 0 Å². The van der Waals surface area contributed by atoms with Gasteiger partial charge in [-0.15, -0.1) is 11.3 Å². The molecule has 2 aliphatic heterocycles. The number of amides is 3. The predicted molar refractivity (Wildman–Crippen MR) is 107 cm³/mol. The summed E-state index contributed by atoms with van der Waals surface area (Å²) in [5, 5.41) is 4.49. The Morgan fingerprint density at radius 1 is 1.14 bits per heavy atom. The van der Waals surface area contributed by atoms with Crippen molar-refractivity contribution < 1.29 is 18.0 Å². The summed E-state index contributed by atoms with van der Waals surface area (Å²) >= 11 is 1.12. The summed E-state index contributed by atoms with van der Waals surface area (Å²) in [7, 11) is -3.79. The summed E-state index contributed by atoms with van der Waals surface area (Å²) < 4.78 is 27.4. The third-order valence-corrected chi connectivity index (χ3v) is 8.47. The van der Waals surface area contributed by atoms with Gasteiger partial charge in [0.25, 0.3) is 15.9 Å². The molecule has 3 heterocycles. The lowest BCUT2D eigenvalue weighted by molar-refractivity contribution is -0.122. The average molecular weight is 420 g/mol. The van der Waals surface area contributed by atoms with Crippen molar-refractivity contribution in [2.24, 2.45) is 0 Å². The number of nitrogens with zero attached hydrogens (tertiary/aromatic N) is 2. The minimum atomic E-state index is -3.79.